The number of hydrogen-bond acceptors (Lipinski definition) is 8. The van der Waals surface area contributed by atoms with E-state index in [-0.39, 0.29) is 12.0 Å². The Balaban J connectivity index is 1.36. The molecule has 4 aromatic heterocycles. The van der Waals surface area contributed by atoms with Crippen molar-refractivity contribution in [3.8, 4) is 22.1 Å². The molecule has 2 bridgehead atoms. The third kappa shape index (κ3) is 3.51. The van der Waals surface area contributed by atoms with E-state index in [1.807, 2.05) is 36.5 Å². The van der Waals surface area contributed by atoms with Gasteiger partial charge in [0, 0.05) is 35.5 Å². The number of aromatic nitrogens is 6. The Labute approximate surface area is 210 Å². The van der Waals surface area contributed by atoms with Crippen LogP contribution in [0.4, 0.5) is 5.82 Å². The van der Waals surface area contributed by atoms with E-state index >= 15 is 0 Å². The number of carboxylic acids is 1. The second-order valence-corrected chi connectivity index (χ2v) is 10.7. The molecule has 0 saturated heterocycles. The van der Waals surface area contributed by atoms with E-state index in [4.69, 9.17) is 15.0 Å². The Bertz CT molecular complexity index is 1570. The highest BCUT2D eigenvalue weighted by Gasteiger charge is 2.47. The van der Waals surface area contributed by atoms with Crippen molar-refractivity contribution in [2.45, 2.75) is 31.7 Å². The summed E-state index contributed by atoms with van der Waals surface area (Å²) in [5.74, 6) is 0.523. The normalized spacial score (nSPS) is 23.3. The van der Waals surface area contributed by atoms with Gasteiger partial charge in [-0.05, 0) is 49.7 Å². The first-order valence-corrected chi connectivity index (χ1v) is 13.0. The van der Waals surface area contributed by atoms with E-state index < -0.39 is 11.9 Å². The summed E-state index contributed by atoms with van der Waals surface area (Å²) >= 11 is 1.58. The first kappa shape index (κ1) is 21.4. The zero-order valence-electron chi connectivity index (χ0n) is 19.3. The molecule has 3 fully saturated rings. The molecule has 0 spiro atoms. The van der Waals surface area contributed by atoms with Crippen LogP contribution in [-0.4, -0.2) is 47.0 Å². The molecule has 3 saturated carbocycles. The third-order valence-corrected chi connectivity index (χ3v) is 8.71. The molecular formula is C26H23N7O2S. The second-order valence-electron chi connectivity index (χ2n) is 9.65. The second kappa shape index (κ2) is 8.34. The monoisotopic (exact) mass is 497 g/mol. The number of hydrogen-bond donors (Lipinski definition) is 3. The molecule has 3 aliphatic carbocycles. The summed E-state index contributed by atoms with van der Waals surface area (Å²) in [6.07, 6.45) is 9.16. The number of rotatable bonds is 5. The highest BCUT2D eigenvalue weighted by atomic mass is 32.1. The summed E-state index contributed by atoms with van der Waals surface area (Å²) in [5.41, 5.74) is 3.11. The van der Waals surface area contributed by atoms with E-state index in [1.165, 1.54) is 6.33 Å². The third-order valence-electron chi connectivity index (χ3n) is 7.65. The van der Waals surface area contributed by atoms with Crippen molar-refractivity contribution < 1.29 is 9.90 Å². The maximum absolute atomic E-state index is 12.2. The molecular weight excluding hydrogens is 474 g/mol. The quantitative estimate of drug-likeness (QED) is 0.310. The van der Waals surface area contributed by atoms with Crippen LogP contribution in [0.1, 0.15) is 25.7 Å². The van der Waals surface area contributed by atoms with Gasteiger partial charge in [0.05, 0.1) is 16.1 Å². The summed E-state index contributed by atoms with van der Waals surface area (Å²) in [6.45, 7) is 0. The lowest BCUT2D eigenvalue weighted by atomic mass is 9.61. The van der Waals surface area contributed by atoms with Crippen LogP contribution in [0.15, 0.2) is 49.1 Å². The highest BCUT2D eigenvalue weighted by molar-refractivity contribution is 7.21. The molecule has 0 amide bonds. The van der Waals surface area contributed by atoms with Crippen molar-refractivity contribution in [3.63, 3.8) is 0 Å². The van der Waals surface area contributed by atoms with Crippen LogP contribution in [0.25, 0.3) is 43.3 Å². The number of nitrogens with zero attached hydrogens (tertiary/aromatic N) is 5. The predicted molar refractivity (Wildman–Crippen MR) is 138 cm³/mol. The van der Waals surface area contributed by atoms with Gasteiger partial charge in [-0.15, -0.1) is 11.3 Å². The van der Waals surface area contributed by atoms with Crippen LogP contribution in [0.5, 0.6) is 0 Å². The van der Waals surface area contributed by atoms with Crippen LogP contribution in [0.2, 0.25) is 0 Å². The van der Waals surface area contributed by atoms with E-state index in [9.17, 15) is 9.90 Å². The lowest BCUT2D eigenvalue weighted by molar-refractivity contribution is -0.148. The lowest BCUT2D eigenvalue weighted by Crippen LogP contribution is -2.51. The summed E-state index contributed by atoms with van der Waals surface area (Å²) in [4.78, 5) is 38.4. The first-order chi connectivity index (χ1) is 17.6. The van der Waals surface area contributed by atoms with Gasteiger partial charge in [0.15, 0.2) is 5.82 Å². The number of aliphatic carboxylic acids is 1. The van der Waals surface area contributed by atoms with Gasteiger partial charge in [-0.25, -0.2) is 24.9 Å². The maximum Gasteiger partial charge on any atom is 0.308 e. The maximum atomic E-state index is 12.2. The van der Waals surface area contributed by atoms with Crippen molar-refractivity contribution in [1.82, 2.24) is 29.9 Å². The standard InChI is InChI=1S/C26H23N7O2S/c34-26(35)21-13-5-7-14(8-6-13)22(21)32-20-9-18(25-31-17-3-1-2-4-19(17)36-25)30-24(33-20)16-11-28-23-15(16)10-27-12-29-23/h1-4,9-14,21-22H,5-8H2,(H,34,35)(H,27,28,29)(H,30,32,33). The number of nitrogens with one attached hydrogen (secondary N) is 2. The topological polar surface area (TPSA) is 130 Å². The Morgan fingerprint density at radius 1 is 1.08 bits per heavy atom. The number of carboxylic acid groups (broad SMARTS) is 1. The fourth-order valence-corrected chi connectivity index (χ4v) is 6.89. The molecule has 36 heavy (non-hydrogen) atoms. The predicted octanol–water partition coefficient (Wildman–Crippen LogP) is 4.99. The minimum absolute atomic E-state index is 0.160. The highest BCUT2D eigenvalue weighted by Crippen LogP contribution is 2.46. The smallest absolute Gasteiger partial charge is 0.308 e. The van der Waals surface area contributed by atoms with Gasteiger partial charge in [-0.1, -0.05) is 12.1 Å². The number of anilines is 1. The van der Waals surface area contributed by atoms with Gasteiger partial charge in [0.25, 0.3) is 0 Å². The zero-order chi connectivity index (χ0) is 24.2. The molecule has 10 heteroatoms. The molecule has 0 radical (unpaired) electrons. The zero-order valence-corrected chi connectivity index (χ0v) is 20.1. The van der Waals surface area contributed by atoms with E-state index in [1.54, 1.807) is 17.5 Å². The van der Waals surface area contributed by atoms with Crippen molar-refractivity contribution in [2.75, 3.05) is 5.32 Å². The Morgan fingerprint density at radius 2 is 1.92 bits per heavy atom. The molecule has 180 valence electrons. The molecule has 5 aromatic rings. The first-order valence-electron chi connectivity index (χ1n) is 12.2. The van der Waals surface area contributed by atoms with Gasteiger partial charge in [-0.2, -0.15) is 0 Å². The van der Waals surface area contributed by atoms with Crippen LogP contribution < -0.4 is 5.32 Å². The molecule has 2 atom stereocenters. The minimum atomic E-state index is -0.726. The molecule has 4 heterocycles. The Morgan fingerprint density at radius 3 is 2.75 bits per heavy atom. The molecule has 9 nitrogen and oxygen atoms in total. The minimum Gasteiger partial charge on any atom is -0.481 e. The van der Waals surface area contributed by atoms with Gasteiger partial charge >= 0.3 is 5.97 Å². The molecule has 1 aromatic carbocycles. The van der Waals surface area contributed by atoms with E-state index in [2.05, 4.69) is 20.3 Å². The molecule has 3 N–H and O–H groups in total. The number of benzene rings is 1. The fourth-order valence-electron chi connectivity index (χ4n) is 5.96. The SMILES string of the molecule is O=C(O)C1C2CCC(CC2)C1Nc1cc(-c2nc3ccccc3s2)nc(-c2c[nH]c3ncncc23)n1. The molecule has 8 rings (SSSR count). The van der Waals surface area contributed by atoms with Crippen molar-refractivity contribution in [3.05, 3.63) is 49.1 Å². The van der Waals surface area contributed by atoms with Crippen LogP contribution in [0, 0.1) is 17.8 Å². The number of fused-ring (bicyclic) bond motifs is 5. The summed E-state index contributed by atoms with van der Waals surface area (Å²) in [7, 11) is 0. The molecule has 2 unspecified atom stereocenters. The lowest BCUT2D eigenvalue weighted by Gasteiger charge is -2.47. The van der Waals surface area contributed by atoms with Crippen molar-refractivity contribution in [2.24, 2.45) is 17.8 Å². The van der Waals surface area contributed by atoms with Crippen molar-refractivity contribution in [1.29, 1.82) is 0 Å². The molecule has 0 aliphatic heterocycles. The number of H-pyrrole nitrogens is 1. The average Bonchev–Trinajstić information content (AvgIpc) is 3.54. The molecule has 3 aliphatic rings. The van der Waals surface area contributed by atoms with Crippen LogP contribution in [0.3, 0.4) is 0 Å². The van der Waals surface area contributed by atoms with E-state index in [0.29, 0.717) is 28.9 Å². The average molecular weight is 498 g/mol. The number of carbonyl (C=O) groups is 1. The largest absolute Gasteiger partial charge is 0.481 e. The number of aromatic amines is 1. The summed E-state index contributed by atoms with van der Waals surface area (Å²) in [5, 5.41) is 15.2. The summed E-state index contributed by atoms with van der Waals surface area (Å²) in [6, 6.07) is 9.74. The number of thiazole rings is 1. The van der Waals surface area contributed by atoms with E-state index in [0.717, 1.165) is 51.9 Å². The van der Waals surface area contributed by atoms with Crippen molar-refractivity contribution >= 4 is 44.4 Å². The van der Waals surface area contributed by atoms with Gasteiger partial charge in [0.1, 0.15) is 28.5 Å². The van der Waals surface area contributed by atoms with Gasteiger partial charge in [-0.3, -0.25) is 4.79 Å². The van der Waals surface area contributed by atoms with Crippen LogP contribution in [-0.2, 0) is 4.79 Å². The summed E-state index contributed by atoms with van der Waals surface area (Å²) < 4.78 is 1.08. The Hall–Kier alpha value is -3.92. The Kier molecular flexibility index (Phi) is 4.95. The fraction of sp³-hybridized carbons (Fsp3) is 0.308. The van der Waals surface area contributed by atoms with Gasteiger partial charge < -0.3 is 15.4 Å². The van der Waals surface area contributed by atoms with Gasteiger partial charge in [0.2, 0.25) is 0 Å². The van der Waals surface area contributed by atoms with Crippen LogP contribution >= 0.6 is 11.3 Å². The number of para-hydroxylation sites is 1.